The van der Waals surface area contributed by atoms with Crippen molar-refractivity contribution in [2.45, 2.75) is 31.9 Å². The molecule has 0 saturated carbocycles. The zero-order valence-corrected chi connectivity index (χ0v) is 16.1. The summed E-state index contributed by atoms with van der Waals surface area (Å²) in [7, 11) is 0. The number of hydrogen-bond donors (Lipinski definition) is 6. The minimum atomic E-state index is -3.24. The lowest BCUT2D eigenvalue weighted by Crippen LogP contribution is -2.68. The predicted molar refractivity (Wildman–Crippen MR) is 104 cm³/mol. The largest absolute Gasteiger partial charge is 0.353 e. The van der Waals surface area contributed by atoms with Crippen LogP contribution in [-0.4, -0.2) is 47.3 Å². The maximum atomic E-state index is 13.6. The van der Waals surface area contributed by atoms with E-state index in [4.69, 9.17) is 10.6 Å². The van der Waals surface area contributed by atoms with Crippen LogP contribution in [0.2, 0.25) is 0 Å². The summed E-state index contributed by atoms with van der Waals surface area (Å²) in [5.41, 5.74) is -0.669. The van der Waals surface area contributed by atoms with E-state index in [-0.39, 0.29) is 5.56 Å². The fraction of sp³-hybridized carbons (Fsp3) is 0.263. The molecule has 0 aliphatic carbocycles. The fourth-order valence-electron chi connectivity index (χ4n) is 2.37. The maximum Gasteiger partial charge on any atom is 0.268 e. The Labute approximate surface area is 171 Å². The second-order valence-electron chi connectivity index (χ2n) is 6.14. The number of amides is 3. The van der Waals surface area contributed by atoms with Crippen molar-refractivity contribution in [3.05, 3.63) is 47.7 Å². The van der Waals surface area contributed by atoms with Crippen molar-refractivity contribution in [1.82, 2.24) is 21.4 Å². The molecule has 0 aliphatic heterocycles. The van der Waals surface area contributed by atoms with Crippen molar-refractivity contribution < 1.29 is 28.4 Å². The van der Waals surface area contributed by atoms with Gasteiger partial charge in [-0.3, -0.25) is 25.0 Å². The summed E-state index contributed by atoms with van der Waals surface area (Å²) >= 11 is 0. The SMILES string of the molecule is CC(=O)NC(C)(C(F)F)[C@H](NC(=O)c1ccc(C#C/C=C/NC=N)cc1)C(=O)NO. The van der Waals surface area contributed by atoms with E-state index in [1.807, 2.05) is 5.32 Å². The second kappa shape index (κ2) is 11.3. The van der Waals surface area contributed by atoms with E-state index in [9.17, 15) is 23.2 Å². The first-order chi connectivity index (χ1) is 14.2. The zero-order valence-electron chi connectivity index (χ0n) is 16.1. The Morgan fingerprint density at radius 1 is 1.23 bits per heavy atom. The number of rotatable bonds is 8. The molecule has 0 radical (unpaired) electrons. The standard InChI is InChI=1S/C19H21F2N5O4/c1-12(27)25-19(2,18(20)21)15(17(29)26-30)24-16(28)14-8-6-13(7-9-14)5-3-4-10-23-11-22/h4,6-11,15,18,30H,1-2H3,(H2,22,23)(H,24,28)(H,25,27)(H,26,29)/b10-4+/t15-,19?/m1/s1. The third-order valence-corrected chi connectivity index (χ3v) is 3.86. The molecule has 0 aliphatic rings. The number of benzene rings is 1. The van der Waals surface area contributed by atoms with E-state index in [2.05, 4.69) is 22.5 Å². The molecular formula is C19H21F2N5O4. The molecule has 0 heterocycles. The van der Waals surface area contributed by atoms with Crippen LogP contribution in [0, 0.1) is 17.3 Å². The van der Waals surface area contributed by atoms with Crippen molar-refractivity contribution in [2.24, 2.45) is 0 Å². The Morgan fingerprint density at radius 2 is 1.87 bits per heavy atom. The number of hydrogen-bond acceptors (Lipinski definition) is 5. The molecule has 6 N–H and O–H groups in total. The van der Waals surface area contributed by atoms with Crippen molar-refractivity contribution >= 4 is 24.1 Å². The van der Waals surface area contributed by atoms with Gasteiger partial charge in [0.25, 0.3) is 18.2 Å². The Morgan fingerprint density at radius 3 is 2.37 bits per heavy atom. The monoisotopic (exact) mass is 421 g/mol. The summed E-state index contributed by atoms with van der Waals surface area (Å²) in [4.78, 5) is 35.8. The molecular weight excluding hydrogens is 400 g/mol. The molecule has 1 unspecified atom stereocenters. The fourth-order valence-corrected chi connectivity index (χ4v) is 2.37. The van der Waals surface area contributed by atoms with Crippen molar-refractivity contribution in [3.63, 3.8) is 0 Å². The van der Waals surface area contributed by atoms with Gasteiger partial charge in [0.2, 0.25) is 5.91 Å². The lowest BCUT2D eigenvalue weighted by molar-refractivity contribution is -0.137. The molecule has 30 heavy (non-hydrogen) atoms. The molecule has 2 atom stereocenters. The summed E-state index contributed by atoms with van der Waals surface area (Å²) in [6.45, 7) is 1.85. The first-order valence-corrected chi connectivity index (χ1v) is 8.49. The van der Waals surface area contributed by atoms with Crippen LogP contribution in [0.1, 0.15) is 29.8 Å². The average molecular weight is 421 g/mol. The topological polar surface area (TPSA) is 143 Å². The Hall–Kier alpha value is -3.78. The molecule has 1 aromatic rings. The van der Waals surface area contributed by atoms with Crippen LogP contribution in [-0.2, 0) is 9.59 Å². The van der Waals surface area contributed by atoms with Gasteiger partial charge >= 0.3 is 0 Å². The Balaban J connectivity index is 3.06. The maximum absolute atomic E-state index is 13.6. The van der Waals surface area contributed by atoms with E-state index in [1.54, 1.807) is 0 Å². The predicted octanol–water partition coefficient (Wildman–Crippen LogP) is 0.512. The number of alkyl halides is 2. The minimum absolute atomic E-state index is 0.0387. The van der Waals surface area contributed by atoms with Gasteiger partial charge in [0.1, 0.15) is 11.6 Å². The van der Waals surface area contributed by atoms with E-state index in [0.29, 0.717) is 5.56 Å². The minimum Gasteiger partial charge on any atom is -0.353 e. The summed E-state index contributed by atoms with van der Waals surface area (Å²) in [6.07, 6.45) is 0.651. The first-order valence-electron chi connectivity index (χ1n) is 8.49. The van der Waals surface area contributed by atoms with E-state index >= 15 is 0 Å². The highest BCUT2D eigenvalue weighted by atomic mass is 19.3. The molecule has 11 heteroatoms. The zero-order chi connectivity index (χ0) is 22.7. The number of carbonyl (C=O) groups is 3. The molecule has 160 valence electrons. The highest BCUT2D eigenvalue weighted by molar-refractivity contribution is 5.98. The summed E-state index contributed by atoms with van der Waals surface area (Å²) < 4.78 is 27.3. The van der Waals surface area contributed by atoms with Crippen LogP contribution in [0.5, 0.6) is 0 Å². The van der Waals surface area contributed by atoms with Crippen molar-refractivity contribution in [2.75, 3.05) is 0 Å². The molecule has 1 rings (SSSR count). The highest BCUT2D eigenvalue weighted by Gasteiger charge is 2.48. The third-order valence-electron chi connectivity index (χ3n) is 3.86. The van der Waals surface area contributed by atoms with Gasteiger partial charge in [-0.15, -0.1) is 0 Å². The number of carbonyl (C=O) groups excluding carboxylic acids is 3. The van der Waals surface area contributed by atoms with Gasteiger partial charge in [-0.1, -0.05) is 11.8 Å². The van der Waals surface area contributed by atoms with Crippen LogP contribution in [0.25, 0.3) is 0 Å². The average Bonchev–Trinajstić information content (AvgIpc) is 2.70. The number of hydroxylamine groups is 1. The van der Waals surface area contributed by atoms with Gasteiger partial charge in [0.05, 0.1) is 6.34 Å². The quantitative estimate of drug-likeness (QED) is 0.119. The molecule has 0 saturated heterocycles. The van der Waals surface area contributed by atoms with Crippen LogP contribution >= 0.6 is 0 Å². The molecule has 0 fully saturated rings. The van der Waals surface area contributed by atoms with Crippen LogP contribution in [0.3, 0.4) is 0 Å². The van der Waals surface area contributed by atoms with Crippen LogP contribution in [0.4, 0.5) is 8.78 Å². The Bertz CT molecular complexity index is 877. The lowest BCUT2D eigenvalue weighted by Gasteiger charge is -2.36. The summed E-state index contributed by atoms with van der Waals surface area (Å²) in [6, 6.07) is 3.77. The Kier molecular flexibility index (Phi) is 9.12. The van der Waals surface area contributed by atoms with Crippen molar-refractivity contribution in [3.8, 4) is 11.8 Å². The number of nitrogens with one attached hydrogen (secondary N) is 5. The summed E-state index contributed by atoms with van der Waals surface area (Å²) in [5, 5.41) is 22.2. The van der Waals surface area contributed by atoms with Gasteiger partial charge in [0, 0.05) is 30.3 Å². The van der Waals surface area contributed by atoms with Gasteiger partial charge in [-0.25, -0.2) is 14.3 Å². The normalized spacial score (nSPS) is 13.4. The van der Waals surface area contributed by atoms with Crippen molar-refractivity contribution in [1.29, 1.82) is 5.41 Å². The smallest absolute Gasteiger partial charge is 0.268 e. The van der Waals surface area contributed by atoms with E-state index < -0.39 is 35.7 Å². The lowest BCUT2D eigenvalue weighted by atomic mass is 9.91. The molecule has 0 aromatic heterocycles. The van der Waals surface area contributed by atoms with E-state index in [1.165, 1.54) is 42.0 Å². The summed E-state index contributed by atoms with van der Waals surface area (Å²) in [5.74, 6) is 2.40. The van der Waals surface area contributed by atoms with Crippen LogP contribution in [0.15, 0.2) is 36.5 Å². The van der Waals surface area contributed by atoms with Crippen LogP contribution < -0.4 is 21.4 Å². The van der Waals surface area contributed by atoms with Gasteiger partial charge < -0.3 is 16.0 Å². The molecule has 9 nitrogen and oxygen atoms in total. The van der Waals surface area contributed by atoms with Gasteiger partial charge in [0.15, 0.2) is 0 Å². The third kappa shape index (κ3) is 6.68. The van der Waals surface area contributed by atoms with E-state index in [0.717, 1.165) is 20.2 Å². The molecule has 0 bridgehead atoms. The molecule has 0 spiro atoms. The van der Waals surface area contributed by atoms with Gasteiger partial charge in [-0.05, 0) is 31.2 Å². The first kappa shape index (κ1) is 24.3. The second-order valence-corrected chi connectivity index (χ2v) is 6.14. The van der Waals surface area contributed by atoms with Gasteiger partial charge in [-0.2, -0.15) is 0 Å². The number of halogens is 2. The number of allylic oxidation sites excluding steroid dienone is 1. The highest BCUT2D eigenvalue weighted by Crippen LogP contribution is 2.21. The molecule has 1 aromatic carbocycles. The molecule has 3 amide bonds.